The van der Waals surface area contributed by atoms with E-state index in [0.717, 1.165) is 42.7 Å². The number of hydrogen-bond donors (Lipinski definition) is 2. The minimum atomic E-state index is -0.195. The molecule has 9 heteroatoms. The van der Waals surface area contributed by atoms with Crippen molar-refractivity contribution in [1.29, 1.82) is 0 Å². The molecule has 0 bridgehead atoms. The third kappa shape index (κ3) is 3.81. The van der Waals surface area contributed by atoms with Crippen molar-refractivity contribution < 1.29 is 9.32 Å². The maximum absolute atomic E-state index is 12.3. The van der Waals surface area contributed by atoms with E-state index in [1.165, 1.54) is 0 Å². The predicted octanol–water partition coefficient (Wildman–Crippen LogP) is 1.68. The zero-order chi connectivity index (χ0) is 18.6. The second-order valence-corrected chi connectivity index (χ2v) is 6.50. The van der Waals surface area contributed by atoms with Crippen molar-refractivity contribution in [1.82, 2.24) is 30.5 Å². The molecule has 1 amide bonds. The Hall–Kier alpha value is -3.23. The number of nitrogens with zero attached hydrogens (tertiary/aromatic N) is 5. The Balaban J connectivity index is 1.26. The lowest BCUT2D eigenvalue weighted by atomic mass is 9.96. The van der Waals surface area contributed by atoms with Gasteiger partial charge >= 0.3 is 0 Å². The molecule has 0 atom stereocenters. The van der Waals surface area contributed by atoms with Gasteiger partial charge in [0, 0.05) is 31.3 Å². The van der Waals surface area contributed by atoms with Gasteiger partial charge in [-0.05, 0) is 44.4 Å². The third-order valence-electron chi connectivity index (χ3n) is 4.49. The molecule has 0 radical (unpaired) electrons. The van der Waals surface area contributed by atoms with Crippen LogP contribution in [0.5, 0.6) is 0 Å². The fourth-order valence-electron chi connectivity index (χ4n) is 3.10. The van der Waals surface area contributed by atoms with Gasteiger partial charge in [0.15, 0.2) is 11.5 Å². The standard InChI is InChI=1S/C18H21N7O2/c1-12-8-11-25(23-12)16-7-6-15(21-22-16)19-9-10-20-18(26)17-13-4-2-3-5-14(13)27-24-17/h6-8,11H,2-5,9-10H2,1H3,(H,19,21)(H,20,26). The zero-order valence-electron chi connectivity index (χ0n) is 15.1. The summed E-state index contributed by atoms with van der Waals surface area (Å²) in [5.74, 6) is 1.94. The van der Waals surface area contributed by atoms with Gasteiger partial charge in [-0.3, -0.25) is 4.79 Å². The highest BCUT2D eigenvalue weighted by Crippen LogP contribution is 2.23. The van der Waals surface area contributed by atoms with E-state index >= 15 is 0 Å². The van der Waals surface area contributed by atoms with Gasteiger partial charge in [0.05, 0.1) is 5.69 Å². The first-order valence-corrected chi connectivity index (χ1v) is 9.06. The first-order chi connectivity index (χ1) is 13.2. The van der Waals surface area contributed by atoms with Gasteiger partial charge in [0.2, 0.25) is 0 Å². The molecule has 0 saturated heterocycles. The van der Waals surface area contributed by atoms with Crippen molar-refractivity contribution in [3.8, 4) is 5.82 Å². The highest BCUT2D eigenvalue weighted by molar-refractivity contribution is 5.93. The molecule has 0 fully saturated rings. The lowest BCUT2D eigenvalue weighted by molar-refractivity contribution is 0.0945. The summed E-state index contributed by atoms with van der Waals surface area (Å²) in [6.45, 7) is 2.89. The number of anilines is 1. The maximum Gasteiger partial charge on any atom is 0.273 e. The summed E-state index contributed by atoms with van der Waals surface area (Å²) in [5, 5.41) is 22.5. The lowest BCUT2D eigenvalue weighted by Gasteiger charge is -2.10. The summed E-state index contributed by atoms with van der Waals surface area (Å²) in [6.07, 6.45) is 5.72. The van der Waals surface area contributed by atoms with Gasteiger partial charge in [0.1, 0.15) is 11.6 Å². The number of aryl methyl sites for hydroxylation is 2. The van der Waals surface area contributed by atoms with Crippen LogP contribution < -0.4 is 10.6 Å². The average molecular weight is 367 g/mol. The van der Waals surface area contributed by atoms with Crippen LogP contribution in [0.4, 0.5) is 5.82 Å². The lowest BCUT2D eigenvalue weighted by Crippen LogP contribution is -2.30. The molecule has 9 nitrogen and oxygen atoms in total. The number of hydrogen-bond acceptors (Lipinski definition) is 7. The third-order valence-corrected chi connectivity index (χ3v) is 4.49. The SMILES string of the molecule is Cc1ccn(-c2ccc(NCCNC(=O)c3noc4c3CCCC4)nn2)n1. The molecule has 4 rings (SSSR count). The van der Waals surface area contributed by atoms with Crippen LogP contribution in [0.15, 0.2) is 28.9 Å². The highest BCUT2D eigenvalue weighted by Gasteiger charge is 2.23. The molecule has 1 aliphatic carbocycles. The van der Waals surface area contributed by atoms with E-state index < -0.39 is 0 Å². The number of amides is 1. The summed E-state index contributed by atoms with van der Waals surface area (Å²) in [6, 6.07) is 5.57. The highest BCUT2D eigenvalue weighted by atomic mass is 16.5. The Morgan fingerprint density at radius 3 is 2.85 bits per heavy atom. The van der Waals surface area contributed by atoms with Crippen molar-refractivity contribution in [3.05, 3.63) is 47.1 Å². The van der Waals surface area contributed by atoms with Crippen molar-refractivity contribution in [2.45, 2.75) is 32.6 Å². The minimum Gasteiger partial charge on any atom is -0.367 e. The molecular weight excluding hydrogens is 346 g/mol. The molecule has 3 aromatic heterocycles. The van der Waals surface area contributed by atoms with E-state index in [-0.39, 0.29) is 5.91 Å². The van der Waals surface area contributed by atoms with Crippen molar-refractivity contribution >= 4 is 11.7 Å². The Kier molecular flexibility index (Phi) is 4.82. The van der Waals surface area contributed by atoms with Crippen LogP contribution in [0.1, 0.15) is 40.3 Å². The van der Waals surface area contributed by atoms with E-state index in [1.807, 2.05) is 31.3 Å². The van der Waals surface area contributed by atoms with Gasteiger partial charge in [-0.2, -0.15) is 5.10 Å². The van der Waals surface area contributed by atoms with Crippen molar-refractivity contribution in [2.75, 3.05) is 18.4 Å². The Morgan fingerprint density at radius 1 is 1.19 bits per heavy atom. The van der Waals surface area contributed by atoms with E-state index in [2.05, 4.69) is 31.1 Å². The normalized spacial score (nSPS) is 13.2. The molecule has 0 aliphatic heterocycles. The monoisotopic (exact) mass is 367 g/mol. The fraction of sp³-hybridized carbons (Fsp3) is 0.389. The van der Waals surface area contributed by atoms with E-state index in [1.54, 1.807) is 4.68 Å². The summed E-state index contributed by atoms with van der Waals surface area (Å²) >= 11 is 0. The number of rotatable bonds is 6. The minimum absolute atomic E-state index is 0.195. The van der Waals surface area contributed by atoms with Gasteiger partial charge in [0.25, 0.3) is 5.91 Å². The quantitative estimate of drug-likeness (QED) is 0.638. The summed E-state index contributed by atoms with van der Waals surface area (Å²) in [5.41, 5.74) is 2.30. The number of aromatic nitrogens is 5. The molecule has 0 spiro atoms. The van der Waals surface area contributed by atoms with Gasteiger partial charge in [-0.25, -0.2) is 4.68 Å². The fourth-order valence-corrected chi connectivity index (χ4v) is 3.10. The smallest absolute Gasteiger partial charge is 0.273 e. The summed E-state index contributed by atoms with van der Waals surface area (Å²) < 4.78 is 6.95. The molecule has 2 N–H and O–H groups in total. The molecule has 3 heterocycles. The number of fused-ring (bicyclic) bond motifs is 1. The molecular formula is C18H21N7O2. The Labute approximate surface area is 156 Å². The Bertz CT molecular complexity index is 930. The van der Waals surface area contributed by atoms with Gasteiger partial charge in [-0.1, -0.05) is 5.16 Å². The number of carbonyl (C=O) groups is 1. The average Bonchev–Trinajstić information content (AvgIpc) is 3.32. The first kappa shape index (κ1) is 17.2. The van der Waals surface area contributed by atoms with Crippen LogP contribution >= 0.6 is 0 Å². The second-order valence-electron chi connectivity index (χ2n) is 6.50. The van der Waals surface area contributed by atoms with Crippen LogP contribution in [0.3, 0.4) is 0 Å². The summed E-state index contributed by atoms with van der Waals surface area (Å²) in [4.78, 5) is 12.3. The number of carbonyl (C=O) groups excluding carboxylic acids is 1. The zero-order valence-corrected chi connectivity index (χ0v) is 15.1. The van der Waals surface area contributed by atoms with Crippen LogP contribution in [0.2, 0.25) is 0 Å². The molecule has 140 valence electrons. The number of nitrogens with one attached hydrogen (secondary N) is 2. The second kappa shape index (κ2) is 7.56. The molecule has 27 heavy (non-hydrogen) atoms. The molecule has 0 aromatic carbocycles. The van der Waals surface area contributed by atoms with E-state index in [4.69, 9.17) is 4.52 Å². The molecule has 0 unspecified atom stereocenters. The van der Waals surface area contributed by atoms with Crippen LogP contribution in [-0.2, 0) is 12.8 Å². The molecule has 0 saturated carbocycles. The van der Waals surface area contributed by atoms with E-state index in [0.29, 0.717) is 30.4 Å². The summed E-state index contributed by atoms with van der Waals surface area (Å²) in [7, 11) is 0. The van der Waals surface area contributed by atoms with Crippen LogP contribution in [0.25, 0.3) is 5.82 Å². The topological polar surface area (TPSA) is 111 Å². The molecule has 3 aromatic rings. The van der Waals surface area contributed by atoms with Crippen LogP contribution in [0, 0.1) is 6.92 Å². The predicted molar refractivity (Wildman–Crippen MR) is 97.9 cm³/mol. The first-order valence-electron chi connectivity index (χ1n) is 9.06. The van der Waals surface area contributed by atoms with Crippen molar-refractivity contribution in [3.63, 3.8) is 0 Å². The largest absolute Gasteiger partial charge is 0.367 e. The maximum atomic E-state index is 12.3. The molecule has 1 aliphatic rings. The van der Waals surface area contributed by atoms with Crippen molar-refractivity contribution in [2.24, 2.45) is 0 Å². The van der Waals surface area contributed by atoms with E-state index in [9.17, 15) is 4.79 Å². The van der Waals surface area contributed by atoms with Gasteiger partial charge in [-0.15, -0.1) is 10.2 Å². The Morgan fingerprint density at radius 2 is 2.07 bits per heavy atom. The van der Waals surface area contributed by atoms with Crippen LogP contribution in [-0.4, -0.2) is 44.1 Å². The van der Waals surface area contributed by atoms with Gasteiger partial charge < -0.3 is 15.2 Å².